The number of carbonyl (C=O) groups excluding carboxylic acids is 4. The minimum Gasteiger partial charge on any atom is -0.450 e. The molecule has 2 aliphatic heterocycles. The number of halogens is 2. The molecule has 0 aliphatic carbocycles. The standard InChI is InChI=1S/C25H25F2N3O5.C2H4/c26-19-11-17(12-20(27)23(19)18-8-9-22(32)29-24(18)33)30-13-16(14-30)28-25(34)35-10-4-7-21(31)15-5-2-1-3-6-15;1-2/h1-3,5-6,11-12,16,18H,4,7-10,13-14H2,(H,28,34)(H,29,32,33);1-2H2. The van der Waals surface area contributed by atoms with Crippen LogP contribution in [0.25, 0.3) is 0 Å². The molecular weight excluding hydrogens is 484 g/mol. The average Bonchev–Trinajstić information content (AvgIpc) is 2.86. The second kappa shape index (κ2) is 12.8. The van der Waals surface area contributed by atoms with E-state index in [9.17, 15) is 28.0 Å². The van der Waals surface area contributed by atoms with Crippen molar-refractivity contribution >= 4 is 29.4 Å². The molecule has 0 saturated carbocycles. The fourth-order valence-corrected chi connectivity index (χ4v) is 4.21. The Morgan fingerprint density at radius 1 is 1.08 bits per heavy atom. The second-order valence-corrected chi connectivity index (χ2v) is 8.60. The number of ether oxygens (including phenoxy) is 1. The van der Waals surface area contributed by atoms with Crippen molar-refractivity contribution in [1.29, 1.82) is 0 Å². The molecule has 2 N–H and O–H groups in total. The lowest BCUT2D eigenvalue weighted by molar-refractivity contribution is -0.134. The first-order valence-corrected chi connectivity index (χ1v) is 11.9. The summed E-state index contributed by atoms with van der Waals surface area (Å²) in [6.07, 6.45) is 0.120. The van der Waals surface area contributed by atoms with Gasteiger partial charge in [0, 0.05) is 42.7 Å². The summed E-state index contributed by atoms with van der Waals surface area (Å²) in [4.78, 5) is 49.0. The Hall–Kier alpha value is -4.08. The van der Waals surface area contributed by atoms with Crippen molar-refractivity contribution < 1.29 is 32.7 Å². The highest BCUT2D eigenvalue weighted by Gasteiger charge is 2.34. The molecule has 37 heavy (non-hydrogen) atoms. The van der Waals surface area contributed by atoms with Gasteiger partial charge in [-0.15, -0.1) is 13.2 Å². The number of Topliss-reactive ketones (excluding diaryl/α,β-unsaturated/α-hetero) is 1. The molecule has 196 valence electrons. The zero-order valence-corrected chi connectivity index (χ0v) is 20.3. The third-order valence-electron chi connectivity index (χ3n) is 6.10. The lowest BCUT2D eigenvalue weighted by Gasteiger charge is -2.41. The van der Waals surface area contributed by atoms with Crippen LogP contribution in [0.4, 0.5) is 19.3 Å². The van der Waals surface area contributed by atoms with Crippen LogP contribution < -0.4 is 15.5 Å². The van der Waals surface area contributed by atoms with E-state index < -0.39 is 35.5 Å². The summed E-state index contributed by atoms with van der Waals surface area (Å²) >= 11 is 0. The number of imide groups is 1. The Bertz CT molecular complexity index is 1130. The maximum atomic E-state index is 14.7. The molecule has 4 rings (SSSR count). The summed E-state index contributed by atoms with van der Waals surface area (Å²) in [5.74, 6) is -3.94. The van der Waals surface area contributed by atoms with Gasteiger partial charge in [-0.25, -0.2) is 13.6 Å². The summed E-state index contributed by atoms with van der Waals surface area (Å²) < 4.78 is 34.5. The third-order valence-corrected chi connectivity index (χ3v) is 6.10. The number of hydrogen-bond acceptors (Lipinski definition) is 6. The summed E-state index contributed by atoms with van der Waals surface area (Å²) in [7, 11) is 0. The molecule has 3 amide bonds. The molecule has 1 atom stereocenters. The molecule has 2 aromatic rings. The molecular formula is C27H29F2N3O5. The largest absolute Gasteiger partial charge is 0.450 e. The van der Waals surface area contributed by atoms with Crippen molar-refractivity contribution in [2.75, 3.05) is 24.6 Å². The van der Waals surface area contributed by atoms with E-state index in [4.69, 9.17) is 4.74 Å². The molecule has 0 aromatic heterocycles. The number of nitrogens with zero attached hydrogens (tertiary/aromatic N) is 1. The highest BCUT2D eigenvalue weighted by atomic mass is 19.1. The maximum absolute atomic E-state index is 14.7. The number of hydrogen-bond donors (Lipinski definition) is 2. The van der Waals surface area contributed by atoms with E-state index in [1.165, 1.54) is 0 Å². The van der Waals surface area contributed by atoms with E-state index >= 15 is 0 Å². The SMILES string of the molecule is C=C.O=C1CCC(c2c(F)cc(N3CC(NC(=O)OCCCC(=O)c4ccccc4)C3)cc2F)C(=O)N1. The molecule has 1 unspecified atom stereocenters. The fraction of sp³-hybridized carbons (Fsp3) is 0.333. The van der Waals surface area contributed by atoms with Crippen molar-refractivity contribution in [1.82, 2.24) is 10.6 Å². The molecule has 0 radical (unpaired) electrons. The molecule has 2 saturated heterocycles. The fourth-order valence-electron chi connectivity index (χ4n) is 4.21. The summed E-state index contributed by atoms with van der Waals surface area (Å²) in [5, 5.41) is 4.78. The first-order chi connectivity index (χ1) is 17.8. The van der Waals surface area contributed by atoms with Gasteiger partial charge in [0.05, 0.1) is 18.6 Å². The molecule has 2 aromatic carbocycles. The Morgan fingerprint density at radius 3 is 2.35 bits per heavy atom. The first-order valence-electron chi connectivity index (χ1n) is 11.9. The minimum atomic E-state index is -1.05. The van der Waals surface area contributed by atoms with Gasteiger partial charge in [-0.3, -0.25) is 19.7 Å². The van der Waals surface area contributed by atoms with Gasteiger partial charge in [0.25, 0.3) is 0 Å². The van der Waals surface area contributed by atoms with Gasteiger partial charge in [0.1, 0.15) is 11.6 Å². The van der Waals surface area contributed by atoms with Crippen LogP contribution >= 0.6 is 0 Å². The lowest BCUT2D eigenvalue weighted by atomic mass is 9.89. The van der Waals surface area contributed by atoms with Gasteiger partial charge >= 0.3 is 6.09 Å². The second-order valence-electron chi connectivity index (χ2n) is 8.60. The normalized spacial score (nSPS) is 17.1. The quantitative estimate of drug-likeness (QED) is 0.240. The Morgan fingerprint density at radius 2 is 1.73 bits per heavy atom. The number of ketones is 1. The number of piperidine rings is 1. The smallest absolute Gasteiger partial charge is 0.407 e. The summed E-state index contributed by atoms with van der Waals surface area (Å²) in [6, 6.07) is 10.9. The van der Waals surface area contributed by atoms with Crippen LogP contribution in [-0.2, 0) is 14.3 Å². The van der Waals surface area contributed by atoms with Gasteiger partial charge in [-0.05, 0) is 25.0 Å². The zero-order valence-electron chi connectivity index (χ0n) is 20.3. The molecule has 2 heterocycles. The van der Waals surface area contributed by atoms with Crippen LogP contribution in [0.1, 0.15) is 47.5 Å². The van der Waals surface area contributed by atoms with Crippen LogP contribution in [0.15, 0.2) is 55.6 Å². The molecule has 2 aliphatic rings. The van der Waals surface area contributed by atoms with Gasteiger partial charge in [-0.2, -0.15) is 0 Å². The van der Waals surface area contributed by atoms with E-state index in [2.05, 4.69) is 23.8 Å². The van der Waals surface area contributed by atoms with Gasteiger partial charge in [0.2, 0.25) is 11.8 Å². The van der Waals surface area contributed by atoms with Crippen LogP contribution in [0.3, 0.4) is 0 Å². The van der Waals surface area contributed by atoms with E-state index in [-0.39, 0.29) is 43.3 Å². The highest BCUT2D eigenvalue weighted by Crippen LogP contribution is 2.33. The Labute approximate surface area is 213 Å². The third kappa shape index (κ3) is 6.99. The number of rotatable bonds is 8. The minimum absolute atomic E-state index is 0.0210. The molecule has 2 fully saturated rings. The number of alkyl carbamates (subject to hydrolysis) is 1. The monoisotopic (exact) mass is 513 g/mol. The number of benzene rings is 2. The van der Waals surface area contributed by atoms with Crippen LogP contribution in [0, 0.1) is 11.6 Å². The van der Waals surface area contributed by atoms with E-state index in [0.29, 0.717) is 30.8 Å². The van der Waals surface area contributed by atoms with Gasteiger partial charge in [-0.1, -0.05) is 30.3 Å². The lowest BCUT2D eigenvalue weighted by Crippen LogP contribution is -2.59. The van der Waals surface area contributed by atoms with Crippen molar-refractivity contribution in [2.45, 2.75) is 37.6 Å². The average molecular weight is 514 g/mol. The maximum Gasteiger partial charge on any atom is 0.407 e. The topological polar surface area (TPSA) is 105 Å². The zero-order chi connectivity index (χ0) is 26.9. The van der Waals surface area contributed by atoms with Gasteiger partial charge in [0.15, 0.2) is 5.78 Å². The molecule has 8 nitrogen and oxygen atoms in total. The number of amides is 3. The highest BCUT2D eigenvalue weighted by molar-refractivity contribution is 6.01. The predicted molar refractivity (Wildman–Crippen MR) is 133 cm³/mol. The van der Waals surface area contributed by atoms with E-state index in [1.807, 2.05) is 6.07 Å². The van der Waals surface area contributed by atoms with Crippen LogP contribution in [0.2, 0.25) is 0 Å². The summed E-state index contributed by atoms with van der Waals surface area (Å²) in [6.45, 7) is 6.76. The van der Waals surface area contributed by atoms with E-state index in [1.54, 1.807) is 29.2 Å². The van der Waals surface area contributed by atoms with Crippen LogP contribution in [0.5, 0.6) is 0 Å². The Kier molecular flexibility index (Phi) is 9.48. The molecule has 0 bridgehead atoms. The Balaban J connectivity index is 0.00000186. The van der Waals surface area contributed by atoms with Crippen molar-refractivity contribution in [2.24, 2.45) is 0 Å². The predicted octanol–water partition coefficient (Wildman–Crippen LogP) is 3.87. The van der Waals surface area contributed by atoms with Crippen molar-refractivity contribution in [3.05, 3.63) is 78.4 Å². The first kappa shape index (κ1) is 27.5. The molecule has 10 heteroatoms. The number of anilines is 1. The van der Waals surface area contributed by atoms with Crippen LogP contribution in [-0.4, -0.2) is 49.4 Å². The molecule has 0 spiro atoms. The number of carbonyl (C=O) groups is 4. The van der Waals surface area contributed by atoms with Gasteiger partial charge < -0.3 is 15.0 Å². The van der Waals surface area contributed by atoms with E-state index in [0.717, 1.165) is 12.1 Å². The van der Waals surface area contributed by atoms with Crippen molar-refractivity contribution in [3.8, 4) is 0 Å². The number of nitrogens with one attached hydrogen (secondary N) is 2. The summed E-state index contributed by atoms with van der Waals surface area (Å²) in [5.41, 5.74) is 0.565. The van der Waals surface area contributed by atoms with Crippen molar-refractivity contribution in [3.63, 3.8) is 0 Å².